The number of para-hydroxylation sites is 1. The summed E-state index contributed by atoms with van der Waals surface area (Å²) in [7, 11) is 1.67. The van der Waals surface area contributed by atoms with Gasteiger partial charge in [-0.1, -0.05) is 12.1 Å². The Balaban J connectivity index is 1.55. The number of likely N-dealkylation sites (tertiary alicyclic amines) is 1. The van der Waals surface area contributed by atoms with Gasteiger partial charge in [-0.2, -0.15) is 4.98 Å². The molecule has 124 valence electrons. The average Bonchev–Trinajstić information content (AvgIpc) is 3.18. The number of hydrogen-bond donors (Lipinski definition) is 0. The molecule has 1 atom stereocenters. The van der Waals surface area contributed by atoms with Crippen molar-refractivity contribution in [3.8, 4) is 0 Å². The van der Waals surface area contributed by atoms with E-state index in [0.29, 0.717) is 6.54 Å². The molecule has 6 nitrogen and oxygen atoms in total. The quantitative estimate of drug-likeness (QED) is 0.703. The smallest absolute Gasteiger partial charge is 0.293 e. The highest BCUT2D eigenvalue weighted by Crippen LogP contribution is 2.33. The van der Waals surface area contributed by atoms with Crippen molar-refractivity contribution in [2.75, 3.05) is 13.1 Å². The first-order valence-electron chi connectivity index (χ1n) is 7.83. The minimum absolute atomic E-state index is 0.160. The number of benzene rings is 1. The number of fused-ring (bicyclic) bond motifs is 1. The van der Waals surface area contributed by atoms with Crippen molar-refractivity contribution in [3.05, 3.63) is 40.4 Å². The number of hydrogen-bond acceptors (Lipinski definition) is 5. The Hall–Kier alpha value is -1.99. The molecule has 1 aromatic carbocycles. The lowest BCUT2D eigenvalue weighted by molar-refractivity contribution is 0.0694. The molecule has 1 fully saturated rings. The number of aryl methyl sites for hydroxylation is 1. The van der Waals surface area contributed by atoms with Gasteiger partial charge in [0.2, 0.25) is 11.1 Å². The minimum Gasteiger partial charge on any atom is -0.335 e. The van der Waals surface area contributed by atoms with Crippen LogP contribution in [-0.4, -0.2) is 43.6 Å². The van der Waals surface area contributed by atoms with Crippen molar-refractivity contribution >= 4 is 39.1 Å². The summed E-state index contributed by atoms with van der Waals surface area (Å²) < 4.78 is 2.60. The summed E-state index contributed by atoms with van der Waals surface area (Å²) in [5.41, 5.74) is 1.03. The Morgan fingerprint density at radius 1 is 1.33 bits per heavy atom. The SMILES string of the molecule is Cn1nc(C(=O)N2CCCC(c3nc4ccccc4s3)C2)nc1Cl. The summed E-state index contributed by atoms with van der Waals surface area (Å²) >= 11 is 7.61. The molecule has 0 bridgehead atoms. The topological polar surface area (TPSA) is 63.9 Å². The third-order valence-corrected chi connectivity index (χ3v) is 5.80. The number of aromatic nitrogens is 4. The third kappa shape index (κ3) is 2.78. The van der Waals surface area contributed by atoms with Crippen LogP contribution in [0.3, 0.4) is 0 Å². The van der Waals surface area contributed by atoms with E-state index < -0.39 is 0 Å². The maximum absolute atomic E-state index is 12.6. The fraction of sp³-hybridized carbons (Fsp3) is 0.375. The lowest BCUT2D eigenvalue weighted by Crippen LogP contribution is -2.39. The molecule has 0 N–H and O–H groups in total. The lowest BCUT2D eigenvalue weighted by Gasteiger charge is -2.31. The molecular formula is C16H16ClN5OS. The van der Waals surface area contributed by atoms with E-state index in [1.807, 2.05) is 23.1 Å². The normalized spacial score (nSPS) is 18.2. The Morgan fingerprint density at radius 2 is 2.17 bits per heavy atom. The Kier molecular flexibility index (Phi) is 3.97. The fourth-order valence-corrected chi connectivity index (χ4v) is 4.24. The molecule has 1 aliphatic rings. The average molecular weight is 362 g/mol. The van der Waals surface area contributed by atoms with E-state index in [9.17, 15) is 4.79 Å². The van der Waals surface area contributed by atoms with Crippen LogP contribution in [-0.2, 0) is 7.05 Å². The highest BCUT2D eigenvalue weighted by molar-refractivity contribution is 7.18. The molecule has 1 saturated heterocycles. The van der Waals surface area contributed by atoms with Gasteiger partial charge in [-0.25, -0.2) is 9.67 Å². The number of nitrogens with zero attached hydrogens (tertiary/aromatic N) is 5. The minimum atomic E-state index is -0.164. The predicted molar refractivity (Wildman–Crippen MR) is 93.5 cm³/mol. The van der Waals surface area contributed by atoms with Crippen molar-refractivity contribution in [1.29, 1.82) is 0 Å². The van der Waals surface area contributed by atoms with Gasteiger partial charge in [0.25, 0.3) is 5.91 Å². The van der Waals surface area contributed by atoms with E-state index in [1.165, 1.54) is 9.38 Å². The Morgan fingerprint density at radius 3 is 2.92 bits per heavy atom. The molecule has 24 heavy (non-hydrogen) atoms. The van der Waals surface area contributed by atoms with Crippen molar-refractivity contribution in [3.63, 3.8) is 0 Å². The van der Waals surface area contributed by atoms with Crippen LogP contribution in [0.15, 0.2) is 24.3 Å². The largest absolute Gasteiger partial charge is 0.335 e. The van der Waals surface area contributed by atoms with Crippen LogP contribution in [0, 0.1) is 0 Å². The van der Waals surface area contributed by atoms with Gasteiger partial charge in [-0.3, -0.25) is 4.79 Å². The molecule has 0 aliphatic carbocycles. The summed E-state index contributed by atoms with van der Waals surface area (Å²) in [5, 5.41) is 5.41. The molecule has 0 saturated carbocycles. The maximum atomic E-state index is 12.6. The second-order valence-electron chi connectivity index (χ2n) is 5.94. The van der Waals surface area contributed by atoms with Crippen molar-refractivity contribution in [2.24, 2.45) is 7.05 Å². The second-order valence-corrected chi connectivity index (χ2v) is 7.34. The molecule has 3 aromatic rings. The standard InChI is InChI=1S/C16H16ClN5OS/c1-21-16(17)19-13(20-21)15(23)22-8-4-5-10(9-22)14-18-11-6-2-3-7-12(11)24-14/h2-3,6-7,10H,4-5,8-9H2,1H3. The van der Waals surface area contributed by atoms with Gasteiger partial charge < -0.3 is 4.90 Å². The van der Waals surface area contributed by atoms with Gasteiger partial charge in [-0.15, -0.1) is 16.4 Å². The predicted octanol–water partition coefficient (Wildman–Crippen LogP) is 3.10. The van der Waals surface area contributed by atoms with Crippen molar-refractivity contribution < 1.29 is 4.79 Å². The van der Waals surface area contributed by atoms with Crippen LogP contribution >= 0.6 is 22.9 Å². The lowest BCUT2D eigenvalue weighted by atomic mass is 9.98. The maximum Gasteiger partial charge on any atom is 0.293 e. The number of piperidine rings is 1. The second kappa shape index (κ2) is 6.14. The number of amides is 1. The van der Waals surface area contributed by atoms with Crippen LogP contribution in [0.1, 0.15) is 34.4 Å². The Labute approximate surface area is 148 Å². The highest BCUT2D eigenvalue weighted by Gasteiger charge is 2.29. The zero-order chi connectivity index (χ0) is 16.7. The molecule has 0 spiro atoms. The first kappa shape index (κ1) is 15.5. The van der Waals surface area contributed by atoms with E-state index in [4.69, 9.17) is 16.6 Å². The molecule has 1 unspecified atom stereocenters. The monoisotopic (exact) mass is 361 g/mol. The van der Waals surface area contributed by atoms with Gasteiger partial charge >= 0.3 is 0 Å². The van der Waals surface area contributed by atoms with Gasteiger partial charge in [0.1, 0.15) is 0 Å². The van der Waals surface area contributed by atoms with Crippen LogP contribution in [0.4, 0.5) is 0 Å². The number of thiazole rings is 1. The van der Waals surface area contributed by atoms with Crippen molar-refractivity contribution in [2.45, 2.75) is 18.8 Å². The van der Waals surface area contributed by atoms with Crippen molar-refractivity contribution in [1.82, 2.24) is 24.6 Å². The van der Waals surface area contributed by atoms with E-state index in [-0.39, 0.29) is 22.9 Å². The van der Waals surface area contributed by atoms with Crippen LogP contribution in [0.25, 0.3) is 10.2 Å². The number of carbonyl (C=O) groups excluding carboxylic acids is 1. The third-order valence-electron chi connectivity index (χ3n) is 4.27. The molecule has 0 radical (unpaired) electrons. The first-order chi connectivity index (χ1) is 11.6. The molecule has 8 heteroatoms. The van der Waals surface area contributed by atoms with Crippen LogP contribution in [0.2, 0.25) is 5.28 Å². The molecule has 1 amide bonds. The highest BCUT2D eigenvalue weighted by atomic mass is 35.5. The summed E-state index contributed by atoms with van der Waals surface area (Å²) in [4.78, 5) is 23.2. The van der Waals surface area contributed by atoms with Crippen LogP contribution < -0.4 is 0 Å². The molecule has 3 heterocycles. The molecule has 1 aliphatic heterocycles. The first-order valence-corrected chi connectivity index (χ1v) is 9.02. The van der Waals surface area contributed by atoms with E-state index >= 15 is 0 Å². The molecular weight excluding hydrogens is 346 g/mol. The van der Waals surface area contributed by atoms with E-state index in [0.717, 1.165) is 29.9 Å². The zero-order valence-corrected chi connectivity index (χ0v) is 14.7. The summed E-state index contributed by atoms with van der Waals surface area (Å²) in [6.45, 7) is 1.37. The van der Waals surface area contributed by atoms with Gasteiger partial charge in [0.15, 0.2) is 0 Å². The van der Waals surface area contributed by atoms with Gasteiger partial charge in [0.05, 0.1) is 15.2 Å². The van der Waals surface area contributed by atoms with Gasteiger partial charge in [-0.05, 0) is 36.6 Å². The van der Waals surface area contributed by atoms with E-state index in [2.05, 4.69) is 16.1 Å². The molecule has 2 aromatic heterocycles. The van der Waals surface area contributed by atoms with E-state index in [1.54, 1.807) is 18.4 Å². The number of rotatable bonds is 2. The zero-order valence-electron chi connectivity index (χ0n) is 13.1. The van der Waals surface area contributed by atoms with Crippen LogP contribution in [0.5, 0.6) is 0 Å². The van der Waals surface area contributed by atoms with Gasteiger partial charge in [0, 0.05) is 26.1 Å². The summed E-state index contributed by atoms with van der Waals surface area (Å²) in [5.74, 6) is 0.259. The summed E-state index contributed by atoms with van der Waals surface area (Å²) in [6, 6.07) is 8.14. The summed E-state index contributed by atoms with van der Waals surface area (Å²) in [6.07, 6.45) is 1.99. The molecule has 4 rings (SSSR count). The number of carbonyl (C=O) groups is 1. The fourth-order valence-electron chi connectivity index (χ4n) is 3.03. The Bertz CT molecular complexity index is 852. The number of halogens is 1.